The molecule has 11 heavy (non-hydrogen) atoms. The van der Waals surface area contributed by atoms with Gasteiger partial charge in [0.1, 0.15) is 0 Å². The van der Waals surface area contributed by atoms with Crippen LogP contribution in [0.5, 0.6) is 0 Å². The second-order valence-electron chi connectivity index (χ2n) is 0.816. The van der Waals surface area contributed by atoms with Crippen molar-refractivity contribution in [2.24, 2.45) is 0 Å². The standard InChI is InChI=1S/Mg.2H2O4S/c;2*1-5(2,3)4/h;2*(H2,1,2,3,4)/q+2;;/p-4. The molecule has 0 saturated heterocycles. The quantitative estimate of drug-likeness (QED) is 0.234. The molecule has 0 fully saturated rings. The predicted molar refractivity (Wildman–Crippen MR) is 26.7 cm³/mol. The van der Waals surface area contributed by atoms with Gasteiger partial charge in [0, 0.05) is 20.8 Å². The van der Waals surface area contributed by atoms with Gasteiger partial charge in [0.05, 0.1) is 0 Å². The molecule has 11 heteroatoms. The van der Waals surface area contributed by atoms with Crippen LogP contribution < -0.4 is 0 Å². The topological polar surface area (TPSA) is 161 Å². The Labute approximate surface area is 78.9 Å². The van der Waals surface area contributed by atoms with Crippen molar-refractivity contribution in [1.29, 1.82) is 0 Å². The van der Waals surface area contributed by atoms with Crippen molar-refractivity contribution in [3.8, 4) is 0 Å². The van der Waals surface area contributed by atoms with E-state index in [1.54, 1.807) is 0 Å². The number of rotatable bonds is 0. The van der Waals surface area contributed by atoms with Crippen LogP contribution in [0.25, 0.3) is 0 Å². The molecule has 0 aliphatic heterocycles. The van der Waals surface area contributed by atoms with Crippen LogP contribution in [0.4, 0.5) is 0 Å². The summed E-state index contributed by atoms with van der Waals surface area (Å²) in [4.78, 5) is 0. The molecule has 0 saturated carbocycles. The van der Waals surface area contributed by atoms with Crippen LogP contribution >= 0.6 is 0 Å². The van der Waals surface area contributed by atoms with Crippen LogP contribution in [0.15, 0.2) is 0 Å². The van der Waals surface area contributed by atoms with Crippen LogP contribution in [0.1, 0.15) is 0 Å². The third kappa shape index (κ3) is 2970. The maximum absolute atomic E-state index is 8.52. The summed E-state index contributed by atoms with van der Waals surface area (Å²) >= 11 is 0. The van der Waals surface area contributed by atoms with Crippen molar-refractivity contribution in [3.05, 3.63) is 0 Å². The molecule has 64 valence electrons. The Morgan fingerprint density at radius 2 is 0.636 bits per heavy atom. The Kier molecular flexibility index (Phi) is 9.69. The normalized spacial score (nSPS) is 10.5. The van der Waals surface area contributed by atoms with E-state index in [9.17, 15) is 0 Å². The first-order chi connectivity index (χ1) is 4.00. The number of hydrogen-bond donors (Lipinski definition) is 0. The maximum Gasteiger partial charge on any atom is 2.00 e. The van der Waals surface area contributed by atoms with Crippen molar-refractivity contribution < 1.29 is 35.0 Å². The summed E-state index contributed by atoms with van der Waals surface area (Å²) in [6, 6.07) is 0. The molecule has 0 bridgehead atoms. The maximum atomic E-state index is 8.52. The van der Waals surface area contributed by atoms with E-state index in [-0.39, 0.29) is 23.1 Å². The van der Waals surface area contributed by atoms with Gasteiger partial charge in [-0.3, -0.25) is 16.8 Å². The van der Waals surface area contributed by atoms with Gasteiger partial charge in [-0.2, -0.15) is 0 Å². The zero-order valence-corrected chi connectivity index (χ0v) is 7.84. The second-order valence-corrected chi connectivity index (χ2v) is 2.45. The number of hydrogen-bond acceptors (Lipinski definition) is 8. The van der Waals surface area contributed by atoms with Crippen molar-refractivity contribution >= 4 is 43.9 Å². The minimum Gasteiger partial charge on any atom is -0.759 e. The van der Waals surface area contributed by atoms with E-state index in [1.165, 1.54) is 0 Å². The fourth-order valence-corrected chi connectivity index (χ4v) is 0. The molecule has 0 aliphatic carbocycles. The first kappa shape index (κ1) is 17.6. The summed E-state index contributed by atoms with van der Waals surface area (Å²) < 4.78 is 68.2. The summed E-state index contributed by atoms with van der Waals surface area (Å²) in [5.41, 5.74) is 0. The molecule has 8 nitrogen and oxygen atoms in total. The largest absolute Gasteiger partial charge is 2.00 e. The first-order valence-electron chi connectivity index (χ1n) is 1.33. The average Bonchev–Trinajstić information content (AvgIpc) is 1.12. The van der Waals surface area contributed by atoms with Crippen molar-refractivity contribution in [3.63, 3.8) is 0 Å². The van der Waals surface area contributed by atoms with Gasteiger partial charge in [-0.25, -0.2) is 0 Å². The summed E-state index contributed by atoms with van der Waals surface area (Å²) in [6.45, 7) is 0. The monoisotopic (exact) mass is 216 g/mol. The molecule has 0 spiro atoms. The molecule has 0 aromatic carbocycles. The molecule has 0 N–H and O–H groups in total. The Morgan fingerprint density at radius 1 is 0.636 bits per heavy atom. The predicted octanol–water partition coefficient (Wildman–Crippen LogP) is -3.06. The molecule has 0 amide bonds. The molecule has 0 atom stereocenters. The van der Waals surface area contributed by atoms with Crippen LogP contribution in [0.2, 0.25) is 0 Å². The summed E-state index contributed by atoms with van der Waals surface area (Å²) in [5, 5.41) is 0. The van der Waals surface area contributed by atoms with Gasteiger partial charge in [0.2, 0.25) is 0 Å². The molecule has 0 aromatic heterocycles. The van der Waals surface area contributed by atoms with Gasteiger partial charge < -0.3 is 18.2 Å². The third-order valence-electron chi connectivity index (χ3n) is 0. The second kappa shape index (κ2) is 6.07. The molecule has 0 heterocycles. The van der Waals surface area contributed by atoms with Crippen molar-refractivity contribution in [2.75, 3.05) is 0 Å². The first-order valence-corrected chi connectivity index (χ1v) is 4.00. The van der Waals surface area contributed by atoms with E-state index < -0.39 is 20.8 Å². The Morgan fingerprint density at radius 3 is 0.636 bits per heavy atom. The Bertz CT molecular complexity index is 208. The fourth-order valence-electron chi connectivity index (χ4n) is 0. The molecule has 0 unspecified atom stereocenters. The molecule has 0 rings (SSSR count). The molecule has 0 aromatic rings. The minimum atomic E-state index is -5.17. The van der Waals surface area contributed by atoms with Crippen molar-refractivity contribution in [1.82, 2.24) is 0 Å². The molecule has 0 aliphatic rings. The summed E-state index contributed by atoms with van der Waals surface area (Å²) in [6.07, 6.45) is 0. The van der Waals surface area contributed by atoms with Crippen molar-refractivity contribution in [2.45, 2.75) is 0 Å². The Balaban J connectivity index is -0.000000107. The minimum absolute atomic E-state index is 0. The molecular weight excluding hydrogens is 216 g/mol. The molecular formula is MgO8S2-2. The van der Waals surface area contributed by atoms with E-state index >= 15 is 0 Å². The Hall–Kier alpha value is 0.506. The van der Waals surface area contributed by atoms with E-state index in [2.05, 4.69) is 0 Å². The fraction of sp³-hybridized carbons (Fsp3) is 0. The summed E-state index contributed by atoms with van der Waals surface area (Å²) in [7, 11) is -10.3. The van der Waals surface area contributed by atoms with E-state index in [1.807, 2.05) is 0 Å². The van der Waals surface area contributed by atoms with Gasteiger partial charge in [0.25, 0.3) is 0 Å². The SMILES string of the molecule is O=S(=O)([O-])[O-].O=S(=O)([O-])[O-].[Mg+2]. The van der Waals surface area contributed by atoms with E-state index in [4.69, 9.17) is 35.0 Å². The van der Waals surface area contributed by atoms with Gasteiger partial charge in [-0.1, -0.05) is 0 Å². The van der Waals surface area contributed by atoms with Crippen LogP contribution in [0.3, 0.4) is 0 Å². The van der Waals surface area contributed by atoms with Gasteiger partial charge >= 0.3 is 23.1 Å². The smallest absolute Gasteiger partial charge is 0.759 e. The van der Waals surface area contributed by atoms with Crippen LogP contribution in [-0.4, -0.2) is 58.1 Å². The van der Waals surface area contributed by atoms with Crippen LogP contribution in [0, 0.1) is 0 Å². The average molecular weight is 216 g/mol. The van der Waals surface area contributed by atoms with Gasteiger partial charge in [-0.05, 0) is 0 Å². The summed E-state index contributed by atoms with van der Waals surface area (Å²) in [5.74, 6) is 0. The molecule has 0 radical (unpaired) electrons. The van der Waals surface area contributed by atoms with E-state index in [0.717, 1.165) is 0 Å². The zero-order chi connectivity index (χ0) is 9.00. The van der Waals surface area contributed by atoms with Gasteiger partial charge in [-0.15, -0.1) is 0 Å². The van der Waals surface area contributed by atoms with Gasteiger partial charge in [0.15, 0.2) is 0 Å². The third-order valence-corrected chi connectivity index (χ3v) is 0. The zero-order valence-electron chi connectivity index (χ0n) is 4.79. The van der Waals surface area contributed by atoms with Crippen LogP contribution in [-0.2, 0) is 20.8 Å². The van der Waals surface area contributed by atoms with E-state index in [0.29, 0.717) is 0 Å².